The van der Waals surface area contributed by atoms with Gasteiger partial charge in [0.05, 0.1) is 0 Å². The quantitative estimate of drug-likeness (QED) is 0.329. The van der Waals surface area contributed by atoms with Crippen molar-refractivity contribution in [3.63, 3.8) is 0 Å². The third kappa shape index (κ3) is 4.52. The van der Waals surface area contributed by atoms with Gasteiger partial charge in [-0.05, 0) is 44.4 Å². The lowest BCUT2D eigenvalue weighted by atomic mass is 10.0. The minimum Gasteiger partial charge on any atom is -0.465 e. The van der Waals surface area contributed by atoms with Crippen LogP contribution in [-0.2, 0) is 4.74 Å². The first-order valence-electron chi connectivity index (χ1n) is 6.09. The average molecular weight is 474 g/mol. The number of alkyl halides is 2. The van der Waals surface area contributed by atoms with E-state index in [1.807, 2.05) is 13.8 Å². The van der Waals surface area contributed by atoms with Crippen LogP contribution in [0.2, 0.25) is 0 Å². The molecule has 18 heavy (non-hydrogen) atoms. The Labute approximate surface area is 137 Å². The van der Waals surface area contributed by atoms with Gasteiger partial charge >= 0.3 is 0 Å². The van der Waals surface area contributed by atoms with E-state index in [0.29, 0.717) is 10.5 Å². The number of aryl methyl sites for hydroxylation is 2. The second-order valence-electron chi connectivity index (χ2n) is 4.25. The molecule has 2 unspecified atom stereocenters. The third-order valence-corrected chi connectivity index (χ3v) is 6.39. The van der Waals surface area contributed by atoms with Gasteiger partial charge in [0.15, 0.2) is 6.29 Å². The Kier molecular flexibility index (Phi) is 7.23. The van der Waals surface area contributed by atoms with Crippen molar-refractivity contribution in [2.45, 2.75) is 37.9 Å². The van der Waals surface area contributed by atoms with Gasteiger partial charge in [-0.25, -0.2) is 0 Å². The first-order chi connectivity index (χ1) is 8.49. The van der Waals surface area contributed by atoms with Crippen LogP contribution in [0.5, 0.6) is 5.75 Å². The minimum absolute atomic E-state index is 0.196. The standard InChI is InChI=1S/C14H20I2O2/c1-5-17-11(4)18-14-9(2)6-12(7-10(14)3)13(16)8-15/h6-7,11,13H,5,8H2,1-4H3. The molecular weight excluding hydrogens is 454 g/mol. The van der Waals surface area contributed by atoms with Crippen molar-refractivity contribution < 1.29 is 9.47 Å². The van der Waals surface area contributed by atoms with Crippen molar-refractivity contribution in [2.75, 3.05) is 11.0 Å². The molecule has 0 spiro atoms. The smallest absolute Gasteiger partial charge is 0.196 e. The molecule has 0 N–H and O–H groups in total. The fourth-order valence-corrected chi connectivity index (χ4v) is 2.74. The molecular formula is C14H20I2O2. The van der Waals surface area contributed by atoms with Crippen LogP contribution >= 0.6 is 45.2 Å². The van der Waals surface area contributed by atoms with Gasteiger partial charge < -0.3 is 9.47 Å². The SMILES string of the molecule is CCOC(C)Oc1c(C)cc(C(I)CI)cc1C. The number of rotatable bonds is 6. The third-order valence-electron chi connectivity index (χ3n) is 2.67. The maximum Gasteiger partial charge on any atom is 0.196 e. The lowest BCUT2D eigenvalue weighted by Crippen LogP contribution is -2.17. The van der Waals surface area contributed by atoms with Crippen molar-refractivity contribution in [1.82, 2.24) is 0 Å². The summed E-state index contributed by atoms with van der Waals surface area (Å²) in [6, 6.07) is 4.44. The van der Waals surface area contributed by atoms with Crippen LogP contribution in [0.1, 0.15) is 34.5 Å². The van der Waals surface area contributed by atoms with Crippen LogP contribution in [-0.4, -0.2) is 17.3 Å². The number of ether oxygens (including phenoxy) is 2. The van der Waals surface area contributed by atoms with Gasteiger partial charge in [-0.3, -0.25) is 0 Å². The monoisotopic (exact) mass is 474 g/mol. The Bertz CT molecular complexity index is 370. The highest BCUT2D eigenvalue weighted by molar-refractivity contribution is 14.1. The molecule has 0 aliphatic heterocycles. The summed E-state index contributed by atoms with van der Waals surface area (Å²) < 4.78 is 13.0. The van der Waals surface area contributed by atoms with Gasteiger partial charge in [-0.2, -0.15) is 0 Å². The molecule has 102 valence electrons. The van der Waals surface area contributed by atoms with Crippen LogP contribution in [0.4, 0.5) is 0 Å². The highest BCUT2D eigenvalue weighted by Gasteiger charge is 2.13. The summed E-state index contributed by atoms with van der Waals surface area (Å²) in [6.45, 7) is 8.77. The van der Waals surface area contributed by atoms with Gasteiger partial charge in [-0.15, -0.1) is 0 Å². The topological polar surface area (TPSA) is 18.5 Å². The molecule has 0 fully saturated rings. The first kappa shape index (κ1) is 16.5. The summed E-state index contributed by atoms with van der Waals surface area (Å²) in [6.07, 6.45) is -0.196. The lowest BCUT2D eigenvalue weighted by molar-refractivity contribution is -0.0620. The van der Waals surface area contributed by atoms with E-state index in [0.717, 1.165) is 10.2 Å². The van der Waals surface area contributed by atoms with Crippen molar-refractivity contribution in [3.05, 3.63) is 28.8 Å². The van der Waals surface area contributed by atoms with Crippen molar-refractivity contribution in [2.24, 2.45) is 0 Å². The van der Waals surface area contributed by atoms with Crippen LogP contribution in [0.15, 0.2) is 12.1 Å². The summed E-state index contributed by atoms with van der Waals surface area (Å²) >= 11 is 4.90. The van der Waals surface area contributed by atoms with Gasteiger partial charge in [0, 0.05) is 15.0 Å². The maximum atomic E-state index is 5.86. The zero-order valence-electron chi connectivity index (χ0n) is 11.3. The second kappa shape index (κ2) is 7.89. The maximum absolute atomic E-state index is 5.86. The molecule has 1 aromatic rings. The van der Waals surface area contributed by atoms with Gasteiger partial charge in [-0.1, -0.05) is 57.3 Å². The lowest BCUT2D eigenvalue weighted by Gasteiger charge is -2.19. The Hall–Kier alpha value is 0.440. The summed E-state index contributed by atoms with van der Waals surface area (Å²) in [5.41, 5.74) is 3.74. The van der Waals surface area contributed by atoms with Gasteiger partial charge in [0.25, 0.3) is 0 Å². The van der Waals surface area contributed by atoms with E-state index >= 15 is 0 Å². The predicted molar refractivity (Wildman–Crippen MR) is 93.3 cm³/mol. The fraction of sp³-hybridized carbons (Fsp3) is 0.571. The zero-order chi connectivity index (χ0) is 13.7. The fourth-order valence-electron chi connectivity index (χ4n) is 1.87. The number of benzene rings is 1. The minimum atomic E-state index is -0.196. The highest BCUT2D eigenvalue weighted by Crippen LogP contribution is 2.32. The highest BCUT2D eigenvalue weighted by atomic mass is 127. The summed E-state index contributed by atoms with van der Waals surface area (Å²) in [5.74, 6) is 0.955. The molecule has 0 bridgehead atoms. The van der Waals surface area contributed by atoms with E-state index in [9.17, 15) is 0 Å². The number of hydrogen-bond donors (Lipinski definition) is 0. The predicted octanol–water partition coefficient (Wildman–Crippen LogP) is 4.98. The molecule has 0 aromatic heterocycles. The van der Waals surface area contributed by atoms with E-state index in [1.165, 1.54) is 16.7 Å². The Morgan fingerprint density at radius 2 is 1.78 bits per heavy atom. The molecule has 0 amide bonds. The Morgan fingerprint density at radius 1 is 1.22 bits per heavy atom. The zero-order valence-corrected chi connectivity index (χ0v) is 15.6. The molecule has 0 aliphatic rings. The van der Waals surface area contributed by atoms with E-state index in [1.54, 1.807) is 0 Å². The largest absolute Gasteiger partial charge is 0.465 e. The summed E-state index contributed by atoms with van der Waals surface area (Å²) in [4.78, 5) is 0. The average Bonchev–Trinajstić information content (AvgIpc) is 2.32. The Morgan fingerprint density at radius 3 is 2.22 bits per heavy atom. The molecule has 2 nitrogen and oxygen atoms in total. The van der Waals surface area contributed by atoms with Gasteiger partial charge in [0.2, 0.25) is 0 Å². The van der Waals surface area contributed by atoms with Crippen molar-refractivity contribution in [3.8, 4) is 5.75 Å². The van der Waals surface area contributed by atoms with E-state index in [2.05, 4.69) is 71.2 Å². The van der Waals surface area contributed by atoms with E-state index in [4.69, 9.17) is 9.47 Å². The molecule has 1 aromatic carbocycles. The number of halogens is 2. The molecule has 0 saturated heterocycles. The summed E-state index contributed by atoms with van der Waals surface area (Å²) in [5, 5.41) is 0. The normalized spacial score (nSPS) is 14.3. The molecule has 0 saturated carbocycles. The van der Waals surface area contributed by atoms with Crippen LogP contribution in [0.25, 0.3) is 0 Å². The first-order valence-corrected chi connectivity index (χ1v) is 8.86. The summed E-state index contributed by atoms with van der Waals surface area (Å²) in [7, 11) is 0. The molecule has 0 heterocycles. The second-order valence-corrected chi connectivity index (χ2v) is 6.63. The molecule has 0 radical (unpaired) electrons. The van der Waals surface area contributed by atoms with Crippen molar-refractivity contribution in [1.29, 1.82) is 0 Å². The van der Waals surface area contributed by atoms with Gasteiger partial charge in [0.1, 0.15) is 5.75 Å². The molecule has 2 atom stereocenters. The Balaban J connectivity index is 2.94. The van der Waals surface area contributed by atoms with Crippen LogP contribution < -0.4 is 4.74 Å². The molecule has 1 rings (SSSR count). The number of hydrogen-bond acceptors (Lipinski definition) is 2. The van der Waals surface area contributed by atoms with E-state index < -0.39 is 0 Å². The van der Waals surface area contributed by atoms with Crippen molar-refractivity contribution >= 4 is 45.2 Å². The molecule has 4 heteroatoms. The van der Waals surface area contributed by atoms with Crippen LogP contribution in [0, 0.1) is 13.8 Å². The molecule has 0 aliphatic carbocycles. The van der Waals surface area contributed by atoms with Crippen LogP contribution in [0.3, 0.4) is 0 Å². The van der Waals surface area contributed by atoms with E-state index in [-0.39, 0.29) is 6.29 Å².